The number of nitrogens with zero attached hydrogens (tertiary/aromatic N) is 4. The Morgan fingerprint density at radius 3 is 2.43 bits per heavy atom. The van der Waals surface area contributed by atoms with E-state index in [0.29, 0.717) is 18.2 Å². The molecule has 4 rings (SSSR count). The minimum absolute atomic E-state index is 0.0480. The number of aromatic nitrogens is 2. The molecule has 0 radical (unpaired) electrons. The predicted molar refractivity (Wildman–Crippen MR) is 107 cm³/mol. The second kappa shape index (κ2) is 7.97. The van der Waals surface area contributed by atoms with Gasteiger partial charge in [0.2, 0.25) is 11.9 Å². The van der Waals surface area contributed by atoms with Crippen molar-refractivity contribution >= 4 is 21.7 Å². The van der Waals surface area contributed by atoms with Crippen molar-refractivity contribution in [2.24, 2.45) is 5.92 Å². The number of anilines is 1. The van der Waals surface area contributed by atoms with E-state index in [9.17, 15) is 13.2 Å². The van der Waals surface area contributed by atoms with Gasteiger partial charge in [-0.15, -0.1) is 0 Å². The van der Waals surface area contributed by atoms with Crippen molar-refractivity contribution in [3.63, 3.8) is 0 Å². The second-order valence-electron chi connectivity index (χ2n) is 8.49. The summed E-state index contributed by atoms with van der Waals surface area (Å²) in [5.74, 6) is 0.975. The fourth-order valence-corrected chi connectivity index (χ4v) is 5.69. The van der Waals surface area contributed by atoms with Crippen LogP contribution in [0.5, 0.6) is 0 Å². The van der Waals surface area contributed by atoms with Gasteiger partial charge in [0.15, 0.2) is 9.84 Å². The van der Waals surface area contributed by atoms with Gasteiger partial charge < -0.3 is 9.80 Å². The highest BCUT2D eigenvalue weighted by atomic mass is 32.2. The Labute approximate surface area is 167 Å². The largest absolute Gasteiger partial charge is 0.342 e. The molecule has 8 heteroatoms. The number of carbonyl (C=O) groups is 1. The molecule has 1 aromatic rings. The highest BCUT2D eigenvalue weighted by Crippen LogP contribution is 2.34. The molecule has 3 heterocycles. The lowest BCUT2D eigenvalue weighted by molar-refractivity contribution is -0.136. The van der Waals surface area contributed by atoms with Crippen LogP contribution < -0.4 is 4.90 Å². The van der Waals surface area contributed by atoms with E-state index in [1.165, 1.54) is 12.5 Å². The summed E-state index contributed by atoms with van der Waals surface area (Å²) >= 11 is 0. The van der Waals surface area contributed by atoms with Crippen molar-refractivity contribution in [3.05, 3.63) is 11.9 Å². The van der Waals surface area contributed by atoms with Crippen molar-refractivity contribution in [1.29, 1.82) is 0 Å². The molecule has 1 amide bonds. The number of rotatable bonds is 4. The van der Waals surface area contributed by atoms with E-state index in [4.69, 9.17) is 4.98 Å². The quantitative estimate of drug-likeness (QED) is 0.763. The molecule has 1 saturated carbocycles. The molecule has 0 N–H and O–H groups in total. The van der Waals surface area contributed by atoms with Crippen LogP contribution in [-0.4, -0.2) is 61.6 Å². The fraction of sp³-hybridized carbons (Fsp3) is 0.750. The van der Waals surface area contributed by atoms with Crippen LogP contribution in [0.1, 0.15) is 63.0 Å². The third-order valence-corrected chi connectivity index (χ3v) is 7.50. The van der Waals surface area contributed by atoms with Gasteiger partial charge in [0.25, 0.3) is 0 Å². The third-order valence-electron chi connectivity index (χ3n) is 6.38. The number of amides is 1. The number of piperidine rings is 1. The van der Waals surface area contributed by atoms with E-state index < -0.39 is 9.84 Å². The first-order chi connectivity index (χ1) is 13.4. The summed E-state index contributed by atoms with van der Waals surface area (Å²) in [5, 5.41) is 0. The molecule has 1 aliphatic carbocycles. The zero-order chi connectivity index (χ0) is 19.7. The van der Waals surface area contributed by atoms with Crippen molar-refractivity contribution < 1.29 is 13.2 Å². The first-order valence-electron chi connectivity index (χ1n) is 10.5. The summed E-state index contributed by atoms with van der Waals surface area (Å²) in [5.41, 5.74) is 0.600. The molecule has 2 aliphatic heterocycles. The molecule has 1 atom stereocenters. The third kappa shape index (κ3) is 4.02. The van der Waals surface area contributed by atoms with Crippen LogP contribution >= 0.6 is 0 Å². The number of hydrogen-bond acceptors (Lipinski definition) is 6. The number of sulfone groups is 1. The van der Waals surface area contributed by atoms with Crippen LogP contribution in [0, 0.1) is 5.92 Å². The molecule has 7 nitrogen and oxygen atoms in total. The highest BCUT2D eigenvalue weighted by molar-refractivity contribution is 7.90. The summed E-state index contributed by atoms with van der Waals surface area (Å²) < 4.78 is 24.8. The lowest BCUT2D eigenvalue weighted by Crippen LogP contribution is -2.42. The topological polar surface area (TPSA) is 83.5 Å². The van der Waals surface area contributed by atoms with Gasteiger partial charge in [0, 0.05) is 44.3 Å². The molecule has 3 fully saturated rings. The fourth-order valence-electron chi connectivity index (χ4n) is 4.85. The Morgan fingerprint density at radius 1 is 1.04 bits per heavy atom. The van der Waals surface area contributed by atoms with E-state index in [-0.39, 0.29) is 22.6 Å². The lowest BCUT2D eigenvalue weighted by Gasteiger charge is -2.34. The van der Waals surface area contributed by atoms with Crippen LogP contribution in [0.15, 0.2) is 11.1 Å². The zero-order valence-electron chi connectivity index (χ0n) is 16.6. The Balaban J connectivity index is 1.61. The Bertz CT molecular complexity index is 830. The summed E-state index contributed by atoms with van der Waals surface area (Å²) in [6.45, 7) is 3.15. The number of hydrogen-bond donors (Lipinski definition) is 0. The molecule has 0 bridgehead atoms. The minimum Gasteiger partial charge on any atom is -0.342 e. The molecule has 3 aliphatic rings. The van der Waals surface area contributed by atoms with Gasteiger partial charge in [0.1, 0.15) is 4.90 Å². The second-order valence-corrected chi connectivity index (χ2v) is 10.5. The zero-order valence-corrected chi connectivity index (χ0v) is 17.5. The highest BCUT2D eigenvalue weighted by Gasteiger charge is 2.34. The Hall–Kier alpha value is -1.70. The molecular weight excluding hydrogens is 376 g/mol. The lowest BCUT2D eigenvalue weighted by atomic mass is 9.93. The van der Waals surface area contributed by atoms with Crippen LogP contribution in [0.25, 0.3) is 0 Å². The molecule has 2 saturated heterocycles. The monoisotopic (exact) mass is 406 g/mol. The molecule has 0 spiro atoms. The first kappa shape index (κ1) is 19.6. The van der Waals surface area contributed by atoms with Gasteiger partial charge in [-0.05, 0) is 38.5 Å². The number of carbonyl (C=O) groups excluding carboxylic acids is 1. The molecule has 1 aromatic heterocycles. The van der Waals surface area contributed by atoms with Crippen LogP contribution in [0.2, 0.25) is 0 Å². The average molecular weight is 407 g/mol. The van der Waals surface area contributed by atoms with Crippen LogP contribution in [-0.2, 0) is 14.6 Å². The maximum atomic E-state index is 12.9. The van der Waals surface area contributed by atoms with Crippen molar-refractivity contribution in [2.45, 2.75) is 62.2 Å². The van der Waals surface area contributed by atoms with Crippen molar-refractivity contribution in [3.8, 4) is 0 Å². The van der Waals surface area contributed by atoms with E-state index in [2.05, 4.69) is 9.88 Å². The van der Waals surface area contributed by atoms with Crippen LogP contribution in [0.3, 0.4) is 0 Å². The van der Waals surface area contributed by atoms with Gasteiger partial charge in [0.05, 0.1) is 11.9 Å². The Kier molecular flexibility index (Phi) is 5.58. The summed E-state index contributed by atoms with van der Waals surface area (Å²) in [4.78, 5) is 26.3. The first-order valence-corrected chi connectivity index (χ1v) is 12.4. The molecule has 28 heavy (non-hydrogen) atoms. The Morgan fingerprint density at radius 2 is 1.75 bits per heavy atom. The van der Waals surface area contributed by atoms with Crippen molar-refractivity contribution in [1.82, 2.24) is 14.9 Å². The average Bonchev–Trinajstić information content (AvgIpc) is 3.40. The van der Waals surface area contributed by atoms with E-state index in [0.717, 1.165) is 71.0 Å². The van der Waals surface area contributed by atoms with Gasteiger partial charge in [-0.3, -0.25) is 4.79 Å². The maximum Gasteiger partial charge on any atom is 0.225 e. The van der Waals surface area contributed by atoms with Gasteiger partial charge in [-0.1, -0.05) is 12.8 Å². The smallest absolute Gasteiger partial charge is 0.225 e. The maximum absolute atomic E-state index is 12.9. The van der Waals surface area contributed by atoms with Gasteiger partial charge in [-0.25, -0.2) is 18.4 Å². The van der Waals surface area contributed by atoms with Gasteiger partial charge >= 0.3 is 0 Å². The normalized spacial score (nSPS) is 24.1. The minimum atomic E-state index is -3.42. The van der Waals surface area contributed by atoms with E-state index in [1.807, 2.05) is 4.90 Å². The molecular formula is C20H30N4O3S. The molecule has 0 unspecified atom stereocenters. The summed E-state index contributed by atoms with van der Waals surface area (Å²) in [7, 11) is -3.42. The summed E-state index contributed by atoms with van der Waals surface area (Å²) in [6.07, 6.45) is 10.9. The van der Waals surface area contributed by atoms with E-state index in [1.54, 1.807) is 0 Å². The van der Waals surface area contributed by atoms with Crippen LogP contribution in [0.4, 0.5) is 5.95 Å². The van der Waals surface area contributed by atoms with Gasteiger partial charge in [-0.2, -0.15) is 0 Å². The standard InChI is InChI=1S/C20H30N4O3S/c1-28(26,27)17-13-21-20(23-10-4-5-11-23)22-18(17)16-9-6-12-24(14-16)19(25)15-7-2-3-8-15/h13,15-16H,2-12,14H2,1H3/t16-/m0/s1. The molecule has 0 aromatic carbocycles. The molecule has 154 valence electrons. The SMILES string of the molecule is CS(=O)(=O)c1cnc(N2CCCC2)nc1[C@H]1CCCN(C(=O)C2CCCC2)C1. The van der Waals surface area contributed by atoms with E-state index >= 15 is 0 Å². The summed E-state index contributed by atoms with van der Waals surface area (Å²) in [6, 6.07) is 0. The number of likely N-dealkylation sites (tertiary alicyclic amines) is 1. The predicted octanol–water partition coefficient (Wildman–Crippen LogP) is 2.38. The van der Waals surface area contributed by atoms with Crippen molar-refractivity contribution in [2.75, 3.05) is 37.3 Å².